The SMILES string of the molecule is Cc1nc2ccc(F)cc2c(=O)n1CC(=O)Nc1nc2c(s1)CCC2. The molecule has 0 aliphatic heterocycles. The van der Waals surface area contributed by atoms with Gasteiger partial charge in [-0.05, 0) is 44.4 Å². The fourth-order valence-corrected chi connectivity index (χ4v) is 4.10. The third-order valence-electron chi connectivity index (χ3n) is 4.25. The largest absolute Gasteiger partial charge is 0.300 e. The van der Waals surface area contributed by atoms with Gasteiger partial charge in [-0.3, -0.25) is 14.2 Å². The van der Waals surface area contributed by atoms with Crippen LogP contribution in [0.15, 0.2) is 23.0 Å². The molecule has 128 valence electrons. The predicted molar refractivity (Wildman–Crippen MR) is 93.5 cm³/mol. The van der Waals surface area contributed by atoms with Crippen LogP contribution in [0.25, 0.3) is 10.9 Å². The Hall–Kier alpha value is -2.61. The van der Waals surface area contributed by atoms with Crippen molar-refractivity contribution in [3.8, 4) is 0 Å². The van der Waals surface area contributed by atoms with Crippen LogP contribution in [0.1, 0.15) is 22.8 Å². The molecule has 1 aromatic carbocycles. The summed E-state index contributed by atoms with van der Waals surface area (Å²) in [6.07, 6.45) is 3.05. The van der Waals surface area contributed by atoms with E-state index in [4.69, 9.17) is 0 Å². The first-order valence-electron chi connectivity index (χ1n) is 7.96. The number of nitrogens with zero attached hydrogens (tertiary/aromatic N) is 3. The van der Waals surface area contributed by atoms with Crippen molar-refractivity contribution in [3.63, 3.8) is 0 Å². The second kappa shape index (κ2) is 6.03. The summed E-state index contributed by atoms with van der Waals surface area (Å²) in [6, 6.07) is 3.86. The molecule has 2 aromatic heterocycles. The lowest BCUT2D eigenvalue weighted by atomic mass is 10.2. The number of thiazole rings is 1. The van der Waals surface area contributed by atoms with Crippen LogP contribution in [0.5, 0.6) is 0 Å². The molecule has 2 heterocycles. The Labute approximate surface area is 146 Å². The van der Waals surface area contributed by atoms with Gasteiger partial charge in [0.1, 0.15) is 18.2 Å². The quantitative estimate of drug-likeness (QED) is 0.780. The van der Waals surface area contributed by atoms with E-state index in [2.05, 4.69) is 15.3 Å². The minimum Gasteiger partial charge on any atom is -0.300 e. The number of aryl methyl sites for hydroxylation is 3. The van der Waals surface area contributed by atoms with Gasteiger partial charge in [0, 0.05) is 4.88 Å². The molecule has 1 aliphatic carbocycles. The maximum absolute atomic E-state index is 13.4. The molecule has 0 saturated heterocycles. The number of hydrogen-bond acceptors (Lipinski definition) is 5. The van der Waals surface area contributed by atoms with Crippen LogP contribution in [-0.4, -0.2) is 20.4 Å². The summed E-state index contributed by atoms with van der Waals surface area (Å²) in [4.78, 5) is 34.8. The Morgan fingerprint density at radius 1 is 1.36 bits per heavy atom. The van der Waals surface area contributed by atoms with Crippen LogP contribution >= 0.6 is 11.3 Å². The number of amides is 1. The topological polar surface area (TPSA) is 76.9 Å². The van der Waals surface area contributed by atoms with E-state index in [1.165, 1.54) is 32.9 Å². The van der Waals surface area contributed by atoms with Gasteiger partial charge >= 0.3 is 0 Å². The lowest BCUT2D eigenvalue weighted by Gasteiger charge is -2.10. The molecule has 6 nitrogen and oxygen atoms in total. The number of hydrogen-bond donors (Lipinski definition) is 1. The van der Waals surface area contributed by atoms with Crippen molar-refractivity contribution in [2.75, 3.05) is 5.32 Å². The molecule has 0 saturated carbocycles. The molecular formula is C17H15FN4O2S. The highest BCUT2D eigenvalue weighted by atomic mass is 32.1. The molecule has 1 amide bonds. The Kier molecular flexibility index (Phi) is 3.84. The predicted octanol–water partition coefficient (Wildman–Crippen LogP) is 2.43. The van der Waals surface area contributed by atoms with Crippen LogP contribution in [0.2, 0.25) is 0 Å². The standard InChI is InChI=1S/C17H15FN4O2S/c1-9-19-12-6-5-10(18)7-11(12)16(24)22(9)8-15(23)21-17-20-13-3-2-4-14(13)25-17/h5-7H,2-4,8H2,1H3,(H,20,21,23). The van der Waals surface area contributed by atoms with Crippen LogP contribution in [0.4, 0.5) is 9.52 Å². The molecule has 0 bridgehead atoms. The summed E-state index contributed by atoms with van der Waals surface area (Å²) in [6.45, 7) is 1.46. The molecule has 0 radical (unpaired) electrons. The monoisotopic (exact) mass is 358 g/mol. The van der Waals surface area contributed by atoms with E-state index in [0.717, 1.165) is 31.0 Å². The fourth-order valence-electron chi connectivity index (χ4n) is 3.04. The van der Waals surface area contributed by atoms with Crippen molar-refractivity contribution in [1.29, 1.82) is 0 Å². The van der Waals surface area contributed by atoms with Crippen LogP contribution in [-0.2, 0) is 24.2 Å². The molecule has 8 heteroatoms. The van der Waals surface area contributed by atoms with E-state index in [0.29, 0.717) is 16.5 Å². The Morgan fingerprint density at radius 2 is 2.20 bits per heavy atom. The number of anilines is 1. The summed E-state index contributed by atoms with van der Waals surface area (Å²) < 4.78 is 14.7. The van der Waals surface area contributed by atoms with Crippen molar-refractivity contribution in [3.05, 3.63) is 50.8 Å². The second-order valence-electron chi connectivity index (χ2n) is 6.00. The molecule has 3 aromatic rings. The molecule has 0 unspecified atom stereocenters. The number of carbonyl (C=O) groups excluding carboxylic acids is 1. The Balaban J connectivity index is 1.61. The smallest absolute Gasteiger partial charge is 0.261 e. The van der Waals surface area contributed by atoms with E-state index >= 15 is 0 Å². The molecule has 4 rings (SSSR count). The molecule has 25 heavy (non-hydrogen) atoms. The summed E-state index contributed by atoms with van der Waals surface area (Å²) in [5.41, 5.74) is 1.03. The second-order valence-corrected chi connectivity index (χ2v) is 7.09. The summed E-state index contributed by atoms with van der Waals surface area (Å²) >= 11 is 1.48. The first-order valence-corrected chi connectivity index (χ1v) is 8.78. The highest BCUT2D eigenvalue weighted by molar-refractivity contribution is 7.15. The number of benzene rings is 1. The zero-order chi connectivity index (χ0) is 17.6. The van der Waals surface area contributed by atoms with Gasteiger partial charge in [-0.25, -0.2) is 14.4 Å². The van der Waals surface area contributed by atoms with Gasteiger partial charge in [0.25, 0.3) is 5.56 Å². The van der Waals surface area contributed by atoms with Gasteiger partial charge in [0.2, 0.25) is 5.91 Å². The number of nitrogens with one attached hydrogen (secondary N) is 1. The number of fused-ring (bicyclic) bond motifs is 2. The van der Waals surface area contributed by atoms with Crippen molar-refractivity contribution >= 4 is 33.3 Å². The van der Waals surface area contributed by atoms with Crippen molar-refractivity contribution in [1.82, 2.24) is 14.5 Å². The fraction of sp³-hybridized carbons (Fsp3) is 0.294. The van der Waals surface area contributed by atoms with Crippen molar-refractivity contribution in [2.24, 2.45) is 0 Å². The number of rotatable bonds is 3. The van der Waals surface area contributed by atoms with E-state index in [1.807, 2.05) is 0 Å². The minimum atomic E-state index is -0.511. The van der Waals surface area contributed by atoms with E-state index in [1.54, 1.807) is 6.92 Å². The zero-order valence-corrected chi connectivity index (χ0v) is 14.3. The van der Waals surface area contributed by atoms with Crippen LogP contribution in [0.3, 0.4) is 0 Å². The number of aromatic nitrogens is 3. The average Bonchev–Trinajstić information content (AvgIpc) is 3.13. The lowest BCUT2D eigenvalue weighted by molar-refractivity contribution is -0.116. The third-order valence-corrected chi connectivity index (χ3v) is 5.32. The molecule has 1 N–H and O–H groups in total. The van der Waals surface area contributed by atoms with Crippen LogP contribution < -0.4 is 10.9 Å². The maximum atomic E-state index is 13.4. The van der Waals surface area contributed by atoms with Gasteiger partial charge in [-0.15, -0.1) is 11.3 Å². The number of halogens is 1. The first kappa shape index (κ1) is 15.9. The zero-order valence-electron chi connectivity index (χ0n) is 13.5. The normalized spacial score (nSPS) is 13.2. The summed E-state index contributed by atoms with van der Waals surface area (Å²) in [5.74, 6) is -0.459. The van der Waals surface area contributed by atoms with Gasteiger partial charge in [0.15, 0.2) is 5.13 Å². The average molecular weight is 358 g/mol. The molecule has 1 aliphatic rings. The highest BCUT2D eigenvalue weighted by Crippen LogP contribution is 2.30. The molecule has 0 spiro atoms. The van der Waals surface area contributed by atoms with E-state index in [-0.39, 0.29) is 17.8 Å². The van der Waals surface area contributed by atoms with Gasteiger partial charge in [-0.2, -0.15) is 0 Å². The van der Waals surface area contributed by atoms with E-state index in [9.17, 15) is 14.0 Å². The lowest BCUT2D eigenvalue weighted by Crippen LogP contribution is -2.30. The van der Waals surface area contributed by atoms with E-state index < -0.39 is 11.4 Å². The maximum Gasteiger partial charge on any atom is 0.261 e. The Bertz CT molecular complexity index is 1040. The van der Waals surface area contributed by atoms with Gasteiger partial charge in [0.05, 0.1) is 16.6 Å². The summed E-state index contributed by atoms with van der Waals surface area (Å²) in [5, 5.41) is 3.46. The molecule has 0 fully saturated rings. The summed E-state index contributed by atoms with van der Waals surface area (Å²) in [7, 11) is 0. The van der Waals surface area contributed by atoms with Gasteiger partial charge < -0.3 is 5.32 Å². The Morgan fingerprint density at radius 3 is 3.00 bits per heavy atom. The van der Waals surface area contributed by atoms with Crippen molar-refractivity contribution < 1.29 is 9.18 Å². The first-order chi connectivity index (χ1) is 12.0. The van der Waals surface area contributed by atoms with Gasteiger partial charge in [-0.1, -0.05) is 0 Å². The van der Waals surface area contributed by atoms with Crippen molar-refractivity contribution in [2.45, 2.75) is 32.7 Å². The van der Waals surface area contributed by atoms with Crippen LogP contribution in [0, 0.1) is 12.7 Å². The number of carbonyl (C=O) groups is 1. The highest BCUT2D eigenvalue weighted by Gasteiger charge is 2.18. The molecule has 0 atom stereocenters. The minimum absolute atomic E-state index is 0.159. The third kappa shape index (κ3) is 2.93. The molecular weight excluding hydrogens is 343 g/mol.